The monoisotopic (exact) mass is 368 g/mol. The molecule has 8 nitrogen and oxygen atoms in total. The van der Waals surface area contributed by atoms with Gasteiger partial charge in [-0.15, -0.1) is 5.10 Å². The van der Waals surface area contributed by atoms with Crippen LogP contribution in [0.15, 0.2) is 18.2 Å². The number of aryl methyl sites for hydroxylation is 1. The van der Waals surface area contributed by atoms with Crippen LogP contribution in [-0.2, 0) is 6.54 Å². The van der Waals surface area contributed by atoms with Crippen molar-refractivity contribution in [3.05, 3.63) is 28.8 Å². The van der Waals surface area contributed by atoms with Crippen molar-refractivity contribution in [2.24, 2.45) is 0 Å². The number of aromatic nitrogens is 4. The number of carbonyl (C=O) groups excluding carboxylic acids is 1. The Kier molecular flexibility index (Phi) is 6.44. The molecule has 0 aliphatic carbocycles. The first kappa shape index (κ1) is 18.1. The maximum absolute atomic E-state index is 12.2. The molecule has 2 N–H and O–H groups in total. The second-order valence-electron chi connectivity index (χ2n) is 4.70. The fraction of sp³-hybridized carbons (Fsp3) is 0.357. The van der Waals surface area contributed by atoms with Gasteiger partial charge in [0.2, 0.25) is 0 Å². The highest BCUT2D eigenvalue weighted by Crippen LogP contribution is 2.25. The summed E-state index contributed by atoms with van der Waals surface area (Å²) in [6.07, 6.45) is 0.884. The quantitative estimate of drug-likeness (QED) is 0.755. The van der Waals surface area contributed by atoms with Crippen LogP contribution in [0.5, 0.6) is 5.75 Å². The van der Waals surface area contributed by atoms with Crippen LogP contribution in [0.2, 0.25) is 5.02 Å². The van der Waals surface area contributed by atoms with Crippen molar-refractivity contribution in [2.75, 3.05) is 11.9 Å². The predicted octanol–water partition coefficient (Wildman–Crippen LogP) is 2.26. The number of hydrogen-bond donors (Lipinski definition) is 2. The SMILES string of the molecule is CCCn1nnc(NC(=S)NC(=O)c2ccc(OCC)c(Cl)c2)n1. The molecule has 0 aliphatic heterocycles. The molecule has 24 heavy (non-hydrogen) atoms. The summed E-state index contributed by atoms with van der Waals surface area (Å²) in [5.74, 6) is 0.338. The molecule has 0 saturated carbocycles. The second-order valence-corrected chi connectivity index (χ2v) is 5.51. The summed E-state index contributed by atoms with van der Waals surface area (Å²) in [5, 5.41) is 17.4. The molecule has 1 amide bonds. The molecule has 10 heteroatoms. The zero-order valence-corrected chi connectivity index (χ0v) is 14.8. The van der Waals surface area contributed by atoms with E-state index in [0.717, 1.165) is 6.42 Å². The van der Waals surface area contributed by atoms with Gasteiger partial charge in [-0.3, -0.25) is 15.4 Å². The van der Waals surface area contributed by atoms with E-state index in [0.29, 0.717) is 29.5 Å². The van der Waals surface area contributed by atoms with Gasteiger partial charge in [-0.2, -0.15) is 4.80 Å². The summed E-state index contributed by atoms with van der Waals surface area (Å²) in [4.78, 5) is 13.6. The lowest BCUT2D eigenvalue weighted by Gasteiger charge is -2.09. The van der Waals surface area contributed by atoms with Crippen LogP contribution in [-0.4, -0.2) is 37.8 Å². The zero-order valence-electron chi connectivity index (χ0n) is 13.2. The molecule has 2 aromatic rings. The lowest BCUT2D eigenvalue weighted by Crippen LogP contribution is -2.34. The molecule has 0 saturated heterocycles. The van der Waals surface area contributed by atoms with Crippen LogP contribution in [0.3, 0.4) is 0 Å². The smallest absolute Gasteiger partial charge is 0.269 e. The first-order valence-electron chi connectivity index (χ1n) is 7.36. The number of benzene rings is 1. The van der Waals surface area contributed by atoms with E-state index in [1.54, 1.807) is 12.1 Å². The van der Waals surface area contributed by atoms with Gasteiger partial charge < -0.3 is 4.74 Å². The van der Waals surface area contributed by atoms with Gasteiger partial charge >= 0.3 is 0 Å². The van der Waals surface area contributed by atoms with E-state index in [9.17, 15) is 4.79 Å². The summed E-state index contributed by atoms with van der Waals surface area (Å²) in [5.41, 5.74) is 0.357. The van der Waals surface area contributed by atoms with Crippen molar-refractivity contribution in [1.29, 1.82) is 0 Å². The minimum Gasteiger partial charge on any atom is -0.492 e. The summed E-state index contributed by atoms with van der Waals surface area (Å²) < 4.78 is 5.33. The third kappa shape index (κ3) is 4.87. The van der Waals surface area contributed by atoms with Gasteiger partial charge in [-0.25, -0.2) is 0 Å². The molecule has 128 valence electrons. The molecule has 1 aromatic carbocycles. The molecule has 0 bridgehead atoms. The van der Waals surface area contributed by atoms with Crippen molar-refractivity contribution in [1.82, 2.24) is 25.5 Å². The third-order valence-corrected chi connectivity index (χ3v) is 3.32. The number of amides is 1. The Bertz CT molecular complexity index is 736. The Morgan fingerprint density at radius 2 is 2.21 bits per heavy atom. The molecular weight excluding hydrogens is 352 g/mol. The highest BCUT2D eigenvalue weighted by Gasteiger charge is 2.12. The number of halogens is 1. The van der Waals surface area contributed by atoms with Gasteiger partial charge in [0.15, 0.2) is 5.11 Å². The molecule has 1 heterocycles. The van der Waals surface area contributed by atoms with Gasteiger partial charge in [-0.1, -0.05) is 23.6 Å². The van der Waals surface area contributed by atoms with E-state index >= 15 is 0 Å². The summed E-state index contributed by atoms with van der Waals surface area (Å²) in [6, 6.07) is 4.75. The number of hydrogen-bond acceptors (Lipinski definition) is 6. The molecule has 0 fully saturated rings. The summed E-state index contributed by atoms with van der Waals surface area (Å²) in [6.45, 7) is 5.00. The van der Waals surface area contributed by atoms with Crippen molar-refractivity contribution in [3.63, 3.8) is 0 Å². The van der Waals surface area contributed by atoms with Gasteiger partial charge in [0, 0.05) is 5.56 Å². The minimum absolute atomic E-state index is 0.0704. The fourth-order valence-electron chi connectivity index (χ4n) is 1.81. The van der Waals surface area contributed by atoms with Gasteiger partial charge in [0.1, 0.15) is 5.75 Å². The van der Waals surface area contributed by atoms with Crippen molar-refractivity contribution < 1.29 is 9.53 Å². The fourth-order valence-corrected chi connectivity index (χ4v) is 2.23. The average molecular weight is 369 g/mol. The number of rotatable bonds is 6. The maximum Gasteiger partial charge on any atom is 0.269 e. The van der Waals surface area contributed by atoms with E-state index in [2.05, 4.69) is 26.0 Å². The van der Waals surface area contributed by atoms with E-state index in [-0.39, 0.29) is 11.1 Å². The van der Waals surface area contributed by atoms with Gasteiger partial charge in [-0.05, 0) is 49.0 Å². The predicted molar refractivity (Wildman–Crippen MR) is 94.4 cm³/mol. The summed E-state index contributed by atoms with van der Waals surface area (Å²) >= 11 is 11.1. The Morgan fingerprint density at radius 3 is 2.88 bits per heavy atom. The Balaban J connectivity index is 1.95. The minimum atomic E-state index is -0.404. The Labute approximate surface area is 149 Å². The lowest BCUT2D eigenvalue weighted by molar-refractivity contribution is 0.0977. The molecule has 0 radical (unpaired) electrons. The highest BCUT2D eigenvalue weighted by molar-refractivity contribution is 7.80. The number of tetrazole rings is 1. The number of carbonyl (C=O) groups is 1. The topological polar surface area (TPSA) is 94.0 Å². The van der Waals surface area contributed by atoms with E-state index < -0.39 is 5.91 Å². The molecule has 1 aromatic heterocycles. The summed E-state index contributed by atoms with van der Waals surface area (Å²) in [7, 11) is 0. The average Bonchev–Trinajstić information content (AvgIpc) is 2.96. The number of anilines is 1. The van der Waals surface area contributed by atoms with Crippen molar-refractivity contribution in [2.45, 2.75) is 26.8 Å². The zero-order chi connectivity index (χ0) is 17.5. The van der Waals surface area contributed by atoms with Crippen LogP contribution in [0.4, 0.5) is 5.95 Å². The second kappa shape index (κ2) is 8.55. The molecule has 0 atom stereocenters. The van der Waals surface area contributed by atoms with Crippen LogP contribution >= 0.6 is 23.8 Å². The standard InChI is InChI=1S/C14H17ClN6O2S/c1-3-7-21-19-13(18-20-21)17-14(24)16-12(22)9-5-6-11(23-4-2)10(15)8-9/h5-6,8H,3-4,7H2,1-2H3,(H2,16,17,19,22,24). The lowest BCUT2D eigenvalue weighted by atomic mass is 10.2. The Hall–Kier alpha value is -2.26. The van der Waals surface area contributed by atoms with Crippen LogP contribution in [0, 0.1) is 0 Å². The number of ether oxygens (including phenoxy) is 1. The van der Waals surface area contributed by atoms with Crippen molar-refractivity contribution in [3.8, 4) is 5.75 Å². The van der Waals surface area contributed by atoms with Crippen LogP contribution in [0.25, 0.3) is 0 Å². The first-order chi connectivity index (χ1) is 11.5. The molecule has 0 spiro atoms. The third-order valence-electron chi connectivity index (χ3n) is 2.82. The van der Waals surface area contributed by atoms with E-state index in [1.165, 1.54) is 10.9 Å². The van der Waals surface area contributed by atoms with Crippen molar-refractivity contribution >= 4 is 40.8 Å². The number of nitrogens with zero attached hydrogens (tertiary/aromatic N) is 4. The Morgan fingerprint density at radius 1 is 1.42 bits per heavy atom. The molecule has 0 aliphatic rings. The van der Waals surface area contributed by atoms with E-state index in [4.69, 9.17) is 28.6 Å². The van der Waals surface area contributed by atoms with E-state index in [1.807, 2.05) is 13.8 Å². The molecule has 0 unspecified atom stereocenters. The van der Waals surface area contributed by atoms with Gasteiger partial charge in [0.25, 0.3) is 11.9 Å². The first-order valence-corrected chi connectivity index (χ1v) is 8.14. The molecular formula is C14H17ClN6O2S. The number of nitrogens with one attached hydrogen (secondary N) is 2. The molecule has 2 rings (SSSR count). The van der Waals surface area contributed by atoms with Gasteiger partial charge in [0.05, 0.1) is 18.2 Å². The maximum atomic E-state index is 12.2. The highest BCUT2D eigenvalue weighted by atomic mass is 35.5. The normalized spacial score (nSPS) is 10.3. The largest absolute Gasteiger partial charge is 0.492 e. The van der Waals surface area contributed by atoms with Crippen LogP contribution in [0.1, 0.15) is 30.6 Å². The number of thiocarbonyl (C=S) groups is 1. The van der Waals surface area contributed by atoms with Crippen LogP contribution < -0.4 is 15.4 Å².